The molecule has 6 nitrogen and oxygen atoms in total. The molecule has 0 aliphatic carbocycles. The number of hydrogen-bond donors (Lipinski definition) is 1. The molecule has 1 N–H and O–H groups in total. The molecule has 2 aliphatic rings. The van der Waals surface area contributed by atoms with E-state index < -0.39 is 15.8 Å². The highest BCUT2D eigenvalue weighted by molar-refractivity contribution is 7.99. The number of benzene rings is 2. The lowest BCUT2D eigenvalue weighted by Gasteiger charge is -2.32. The van der Waals surface area contributed by atoms with Crippen LogP contribution in [0, 0.1) is 5.92 Å². The first-order valence-corrected chi connectivity index (χ1v) is 12.2. The topological polar surface area (TPSA) is 78.8 Å². The van der Waals surface area contributed by atoms with Crippen molar-refractivity contribution in [3.63, 3.8) is 0 Å². The number of carbonyl (C=O) groups excluding carboxylic acids is 1. The van der Waals surface area contributed by atoms with E-state index in [1.165, 1.54) is 12.1 Å². The van der Waals surface area contributed by atoms with Gasteiger partial charge in [0.2, 0.25) is 5.91 Å². The molecule has 1 amide bonds. The van der Waals surface area contributed by atoms with Gasteiger partial charge in [-0.3, -0.25) is 4.79 Å². The fourth-order valence-corrected chi connectivity index (χ4v) is 5.86. The van der Waals surface area contributed by atoms with Crippen LogP contribution in [0.1, 0.15) is 18.4 Å². The Bertz CT molecular complexity index is 1150. The Hall–Kier alpha value is -2.17. The van der Waals surface area contributed by atoms with Crippen molar-refractivity contribution < 1.29 is 22.0 Å². The normalized spacial score (nSPS) is 18.1. The standard InChI is InChI=1S/C20H18ClF2N3O3S2/c21-14-5-3-6-15(17(14)30-20(22)23)24-19(27)12-8-10-26(11-9-12)18-13-4-1-2-7-16(13)31(28,29)25-18/h1-7,12,20H,8-11H2,(H,24,27). The minimum Gasteiger partial charge on any atom is -0.355 e. The lowest BCUT2D eigenvalue weighted by Crippen LogP contribution is -2.41. The number of amides is 1. The number of alkyl halides is 2. The number of nitrogens with one attached hydrogen (secondary N) is 1. The van der Waals surface area contributed by atoms with Gasteiger partial charge in [0.25, 0.3) is 15.8 Å². The fraction of sp³-hybridized carbons (Fsp3) is 0.300. The minimum absolute atomic E-state index is 0.132. The van der Waals surface area contributed by atoms with E-state index in [1.54, 1.807) is 30.3 Å². The summed E-state index contributed by atoms with van der Waals surface area (Å²) in [6.07, 6.45) is 0.954. The van der Waals surface area contributed by atoms with Crippen LogP contribution >= 0.6 is 23.4 Å². The number of amidine groups is 1. The molecule has 0 radical (unpaired) electrons. The molecule has 2 aromatic rings. The van der Waals surface area contributed by atoms with Crippen molar-refractivity contribution in [2.45, 2.75) is 28.4 Å². The molecule has 0 spiro atoms. The second-order valence-corrected chi connectivity index (χ2v) is 10.1. The van der Waals surface area contributed by atoms with Crippen LogP contribution in [0.15, 0.2) is 56.7 Å². The van der Waals surface area contributed by atoms with Gasteiger partial charge < -0.3 is 10.2 Å². The minimum atomic E-state index is -3.70. The van der Waals surface area contributed by atoms with Crippen LogP contribution in [0.5, 0.6) is 0 Å². The van der Waals surface area contributed by atoms with Gasteiger partial charge in [0.1, 0.15) is 4.90 Å². The number of sulfonamides is 1. The molecular formula is C20H18ClF2N3O3S2. The van der Waals surface area contributed by atoms with E-state index in [9.17, 15) is 22.0 Å². The molecule has 31 heavy (non-hydrogen) atoms. The molecule has 2 heterocycles. The Balaban J connectivity index is 1.44. The van der Waals surface area contributed by atoms with Crippen molar-refractivity contribution in [1.29, 1.82) is 0 Å². The molecule has 0 saturated carbocycles. The molecule has 164 valence electrons. The lowest BCUT2D eigenvalue weighted by atomic mass is 9.95. The Morgan fingerprint density at radius 2 is 1.87 bits per heavy atom. The summed E-state index contributed by atoms with van der Waals surface area (Å²) in [7, 11) is -3.70. The second-order valence-electron chi connectivity index (χ2n) is 7.13. The van der Waals surface area contributed by atoms with Crippen LogP contribution < -0.4 is 5.32 Å². The SMILES string of the molecule is O=C(Nc1cccc(Cl)c1SC(F)F)C1CCN(C2=NS(=O)(=O)c3ccccc32)CC1. The summed E-state index contributed by atoms with van der Waals surface area (Å²) in [5, 5.41) is 2.87. The molecule has 1 saturated heterocycles. The maximum atomic E-state index is 12.9. The number of halogens is 3. The van der Waals surface area contributed by atoms with Crippen molar-refractivity contribution in [2.24, 2.45) is 10.3 Å². The number of thioether (sulfide) groups is 1. The molecule has 0 bridgehead atoms. The predicted molar refractivity (Wildman–Crippen MR) is 116 cm³/mol. The van der Waals surface area contributed by atoms with Crippen LogP contribution in [0.4, 0.5) is 14.5 Å². The first-order valence-electron chi connectivity index (χ1n) is 9.50. The average Bonchev–Trinajstić information content (AvgIpc) is 3.02. The summed E-state index contributed by atoms with van der Waals surface area (Å²) >= 11 is 6.31. The zero-order chi connectivity index (χ0) is 22.2. The van der Waals surface area contributed by atoms with Crippen molar-refractivity contribution in [3.05, 3.63) is 53.1 Å². The van der Waals surface area contributed by atoms with Gasteiger partial charge in [0, 0.05) is 24.6 Å². The number of hydrogen-bond acceptors (Lipinski definition) is 5. The Morgan fingerprint density at radius 3 is 2.58 bits per heavy atom. The van der Waals surface area contributed by atoms with Crippen LogP contribution in [0.2, 0.25) is 5.02 Å². The third-order valence-corrected chi connectivity index (χ3v) is 7.82. The van der Waals surface area contributed by atoms with Gasteiger partial charge in [-0.2, -0.15) is 17.2 Å². The number of likely N-dealkylation sites (tertiary alicyclic amines) is 1. The van der Waals surface area contributed by atoms with Gasteiger partial charge in [0.05, 0.1) is 15.6 Å². The summed E-state index contributed by atoms with van der Waals surface area (Å²) in [4.78, 5) is 14.9. The Morgan fingerprint density at radius 1 is 1.16 bits per heavy atom. The van der Waals surface area contributed by atoms with E-state index in [-0.39, 0.29) is 44.1 Å². The number of fused-ring (bicyclic) bond motifs is 1. The zero-order valence-corrected chi connectivity index (χ0v) is 18.5. The second kappa shape index (κ2) is 8.76. The van der Waals surface area contributed by atoms with E-state index in [0.717, 1.165) is 0 Å². The van der Waals surface area contributed by atoms with Crippen LogP contribution in [-0.2, 0) is 14.8 Å². The monoisotopic (exact) mass is 485 g/mol. The first kappa shape index (κ1) is 22.0. The van der Waals surface area contributed by atoms with E-state index >= 15 is 0 Å². The highest BCUT2D eigenvalue weighted by Crippen LogP contribution is 2.38. The molecular weight excluding hydrogens is 468 g/mol. The van der Waals surface area contributed by atoms with Crippen molar-refractivity contribution in [1.82, 2.24) is 4.90 Å². The van der Waals surface area contributed by atoms with Crippen molar-refractivity contribution >= 4 is 50.8 Å². The smallest absolute Gasteiger partial charge is 0.289 e. The summed E-state index contributed by atoms with van der Waals surface area (Å²) in [6, 6.07) is 11.3. The lowest BCUT2D eigenvalue weighted by molar-refractivity contribution is -0.121. The van der Waals surface area contributed by atoms with E-state index in [0.29, 0.717) is 37.3 Å². The quantitative estimate of drug-likeness (QED) is 0.647. The predicted octanol–water partition coefficient (Wildman–Crippen LogP) is 4.45. The maximum Gasteiger partial charge on any atom is 0.289 e. The van der Waals surface area contributed by atoms with Gasteiger partial charge >= 0.3 is 0 Å². The van der Waals surface area contributed by atoms with E-state index in [2.05, 4.69) is 9.71 Å². The number of rotatable bonds is 4. The number of nitrogens with zero attached hydrogens (tertiary/aromatic N) is 2. The largest absolute Gasteiger partial charge is 0.355 e. The van der Waals surface area contributed by atoms with Gasteiger partial charge in [-0.25, -0.2) is 0 Å². The summed E-state index contributed by atoms with van der Waals surface area (Å²) in [5.74, 6) is -2.88. The Labute approximate surface area is 187 Å². The maximum absolute atomic E-state index is 12.9. The van der Waals surface area contributed by atoms with Gasteiger partial charge in [-0.15, -0.1) is 4.40 Å². The summed E-state index contributed by atoms with van der Waals surface area (Å²) < 4.78 is 54.2. The average molecular weight is 486 g/mol. The van der Waals surface area contributed by atoms with Gasteiger partial charge in [0.15, 0.2) is 5.84 Å². The van der Waals surface area contributed by atoms with Gasteiger partial charge in [-0.05, 0) is 37.1 Å². The number of piperidine rings is 1. The molecule has 4 rings (SSSR count). The third kappa shape index (κ3) is 4.56. The van der Waals surface area contributed by atoms with Crippen LogP contribution in [0.25, 0.3) is 0 Å². The van der Waals surface area contributed by atoms with Crippen molar-refractivity contribution in [3.8, 4) is 0 Å². The van der Waals surface area contributed by atoms with Crippen molar-refractivity contribution in [2.75, 3.05) is 18.4 Å². The number of carbonyl (C=O) groups is 1. The molecule has 0 aromatic heterocycles. The van der Waals surface area contributed by atoms with Crippen LogP contribution in [-0.4, -0.2) is 43.9 Å². The fourth-order valence-electron chi connectivity index (χ4n) is 3.72. The molecule has 1 fully saturated rings. The molecule has 0 unspecified atom stereocenters. The van der Waals surface area contributed by atoms with E-state index in [1.807, 2.05) is 4.90 Å². The summed E-state index contributed by atoms with van der Waals surface area (Å²) in [6.45, 7) is 0.907. The van der Waals surface area contributed by atoms with Gasteiger partial charge in [-0.1, -0.05) is 41.6 Å². The highest BCUT2D eigenvalue weighted by Gasteiger charge is 2.34. The zero-order valence-electron chi connectivity index (χ0n) is 16.1. The molecule has 2 aliphatic heterocycles. The summed E-state index contributed by atoms with van der Waals surface area (Å²) in [5.41, 5.74) is 0.823. The third-order valence-electron chi connectivity index (χ3n) is 5.21. The highest BCUT2D eigenvalue weighted by atomic mass is 35.5. The molecule has 0 atom stereocenters. The molecule has 11 heteroatoms. The van der Waals surface area contributed by atoms with E-state index in [4.69, 9.17) is 11.6 Å². The first-order chi connectivity index (χ1) is 14.8. The number of anilines is 1. The molecule has 2 aromatic carbocycles. The van der Waals surface area contributed by atoms with Crippen LogP contribution in [0.3, 0.4) is 0 Å². The Kier molecular flexibility index (Phi) is 6.23.